The summed E-state index contributed by atoms with van der Waals surface area (Å²) in [6.45, 7) is 4.95. The monoisotopic (exact) mass is 386 g/mol. The molecule has 1 aliphatic heterocycles. The van der Waals surface area contributed by atoms with Gasteiger partial charge in [-0.2, -0.15) is 0 Å². The molecule has 152 valence electrons. The summed E-state index contributed by atoms with van der Waals surface area (Å²) in [6, 6.07) is 9.53. The van der Waals surface area contributed by atoms with Gasteiger partial charge in [-0.15, -0.1) is 0 Å². The molecule has 3 atom stereocenters. The number of amides is 4. The van der Waals surface area contributed by atoms with Crippen LogP contribution in [0.5, 0.6) is 0 Å². The number of hydrogen-bond acceptors (Lipinski definition) is 3. The molecule has 7 heteroatoms. The Morgan fingerprint density at radius 1 is 1.25 bits per heavy atom. The topological polar surface area (TPSA) is 81.8 Å². The van der Waals surface area contributed by atoms with E-state index in [1.54, 1.807) is 9.80 Å². The van der Waals surface area contributed by atoms with Crippen LogP contribution in [0.1, 0.15) is 32.3 Å². The Bertz CT molecular complexity index is 722. The van der Waals surface area contributed by atoms with Gasteiger partial charge in [-0.05, 0) is 38.2 Å². The Kier molecular flexibility index (Phi) is 6.21. The van der Waals surface area contributed by atoms with Crippen molar-refractivity contribution in [2.75, 3.05) is 20.1 Å². The molecule has 1 aromatic carbocycles. The SMILES string of the molecule is CC(C)N(C)C(=O)[C@H]1C[C@@H]2CN(C(=O)NCc3ccccc3)CC(=O)N[C@@H]2C1. The van der Waals surface area contributed by atoms with Gasteiger partial charge in [0.05, 0.1) is 0 Å². The summed E-state index contributed by atoms with van der Waals surface area (Å²) in [5, 5.41) is 5.92. The lowest BCUT2D eigenvalue weighted by Gasteiger charge is -2.26. The van der Waals surface area contributed by atoms with Crippen molar-refractivity contribution in [3.63, 3.8) is 0 Å². The second kappa shape index (κ2) is 8.63. The van der Waals surface area contributed by atoms with Crippen LogP contribution < -0.4 is 10.6 Å². The number of rotatable bonds is 4. The number of nitrogens with one attached hydrogen (secondary N) is 2. The van der Waals surface area contributed by atoms with E-state index in [-0.39, 0.29) is 48.3 Å². The molecule has 1 saturated carbocycles. The van der Waals surface area contributed by atoms with Gasteiger partial charge >= 0.3 is 6.03 Å². The third-order valence-electron chi connectivity index (χ3n) is 5.88. The zero-order chi connectivity index (χ0) is 20.3. The van der Waals surface area contributed by atoms with Crippen LogP contribution in [0.2, 0.25) is 0 Å². The number of hydrogen-bond donors (Lipinski definition) is 2. The van der Waals surface area contributed by atoms with Crippen molar-refractivity contribution in [1.82, 2.24) is 20.4 Å². The van der Waals surface area contributed by atoms with Gasteiger partial charge in [0.2, 0.25) is 11.8 Å². The van der Waals surface area contributed by atoms with E-state index in [1.807, 2.05) is 51.2 Å². The van der Waals surface area contributed by atoms with Gasteiger partial charge in [0, 0.05) is 38.1 Å². The second-order valence-electron chi connectivity index (χ2n) is 8.17. The average Bonchev–Trinajstić information content (AvgIpc) is 2.99. The minimum absolute atomic E-state index is 0.0473. The molecule has 1 aromatic rings. The van der Waals surface area contributed by atoms with Crippen molar-refractivity contribution in [3.8, 4) is 0 Å². The van der Waals surface area contributed by atoms with Crippen LogP contribution >= 0.6 is 0 Å². The molecule has 0 aromatic heterocycles. The largest absolute Gasteiger partial charge is 0.351 e. The first-order valence-electron chi connectivity index (χ1n) is 9.98. The van der Waals surface area contributed by atoms with E-state index >= 15 is 0 Å². The standard InChI is InChI=1S/C21H30N4O3/c1-14(2)24(3)20(27)16-9-17-12-25(13-19(26)23-18(17)10-16)21(28)22-11-15-7-5-4-6-8-15/h4-8,14,16-18H,9-13H2,1-3H3,(H,22,28)(H,23,26)/t16-,17+,18+/m0/s1. The van der Waals surface area contributed by atoms with E-state index < -0.39 is 0 Å². The summed E-state index contributed by atoms with van der Waals surface area (Å²) in [7, 11) is 1.82. The molecular weight excluding hydrogens is 356 g/mol. The van der Waals surface area contributed by atoms with Crippen molar-refractivity contribution in [1.29, 1.82) is 0 Å². The number of fused-ring (bicyclic) bond motifs is 1. The number of nitrogens with zero attached hydrogens (tertiary/aromatic N) is 2. The van der Waals surface area contributed by atoms with Gasteiger partial charge in [-0.3, -0.25) is 9.59 Å². The molecule has 1 saturated heterocycles. The smallest absolute Gasteiger partial charge is 0.318 e. The number of carbonyl (C=O) groups is 3. The molecule has 1 heterocycles. The van der Waals surface area contributed by atoms with Crippen LogP contribution in [0.15, 0.2) is 30.3 Å². The van der Waals surface area contributed by atoms with Crippen LogP contribution in [0.25, 0.3) is 0 Å². The van der Waals surface area contributed by atoms with E-state index in [4.69, 9.17) is 0 Å². The summed E-state index contributed by atoms with van der Waals surface area (Å²) in [5.41, 5.74) is 1.01. The highest BCUT2D eigenvalue weighted by atomic mass is 16.2. The van der Waals surface area contributed by atoms with Crippen molar-refractivity contribution in [2.24, 2.45) is 11.8 Å². The van der Waals surface area contributed by atoms with Gasteiger partial charge in [0.25, 0.3) is 0 Å². The minimum atomic E-state index is -0.242. The van der Waals surface area contributed by atoms with Crippen molar-refractivity contribution in [3.05, 3.63) is 35.9 Å². The Morgan fingerprint density at radius 3 is 2.64 bits per heavy atom. The molecule has 2 fully saturated rings. The molecule has 3 rings (SSSR count). The summed E-state index contributed by atoms with van der Waals surface area (Å²) in [6.07, 6.45) is 1.34. The molecule has 28 heavy (non-hydrogen) atoms. The Balaban J connectivity index is 1.61. The van der Waals surface area contributed by atoms with Gasteiger partial charge in [0.15, 0.2) is 0 Å². The molecule has 4 amide bonds. The molecule has 2 aliphatic rings. The highest BCUT2D eigenvalue weighted by Gasteiger charge is 2.43. The first kappa shape index (κ1) is 20.2. The van der Waals surface area contributed by atoms with Crippen molar-refractivity contribution >= 4 is 17.8 Å². The molecule has 0 bridgehead atoms. The summed E-state index contributed by atoms with van der Waals surface area (Å²) >= 11 is 0. The average molecular weight is 386 g/mol. The third kappa shape index (κ3) is 4.64. The van der Waals surface area contributed by atoms with Gasteiger partial charge in [0.1, 0.15) is 6.54 Å². The zero-order valence-corrected chi connectivity index (χ0v) is 16.9. The zero-order valence-electron chi connectivity index (χ0n) is 16.9. The summed E-state index contributed by atoms with van der Waals surface area (Å²) < 4.78 is 0. The normalized spacial score (nSPS) is 24.4. The first-order valence-corrected chi connectivity index (χ1v) is 9.98. The molecule has 1 aliphatic carbocycles. The molecule has 2 N–H and O–H groups in total. The van der Waals surface area contributed by atoms with Gasteiger partial charge < -0.3 is 20.4 Å². The highest BCUT2D eigenvalue weighted by Crippen LogP contribution is 2.34. The summed E-state index contributed by atoms with van der Waals surface area (Å²) in [4.78, 5) is 41.0. The number of urea groups is 1. The number of benzene rings is 1. The second-order valence-corrected chi connectivity index (χ2v) is 8.17. The van der Waals surface area contributed by atoms with E-state index in [0.29, 0.717) is 25.9 Å². The lowest BCUT2D eigenvalue weighted by Crippen LogP contribution is -2.44. The predicted molar refractivity (Wildman–Crippen MR) is 106 cm³/mol. The van der Waals surface area contributed by atoms with E-state index in [0.717, 1.165) is 5.56 Å². The predicted octanol–water partition coefficient (Wildman–Crippen LogP) is 1.59. The van der Waals surface area contributed by atoms with E-state index in [2.05, 4.69) is 10.6 Å². The van der Waals surface area contributed by atoms with E-state index in [9.17, 15) is 14.4 Å². The fraction of sp³-hybridized carbons (Fsp3) is 0.571. The molecule has 0 radical (unpaired) electrons. The highest BCUT2D eigenvalue weighted by molar-refractivity contribution is 5.85. The van der Waals surface area contributed by atoms with Crippen LogP contribution in [0, 0.1) is 11.8 Å². The summed E-state index contributed by atoms with van der Waals surface area (Å²) in [5.74, 6) is -0.0384. The van der Waals surface area contributed by atoms with Crippen molar-refractivity contribution < 1.29 is 14.4 Å². The number of carbonyl (C=O) groups excluding carboxylic acids is 3. The third-order valence-corrected chi connectivity index (χ3v) is 5.88. The quantitative estimate of drug-likeness (QED) is 0.825. The maximum atomic E-state index is 12.7. The Labute approximate surface area is 166 Å². The Morgan fingerprint density at radius 2 is 1.96 bits per heavy atom. The van der Waals surface area contributed by atoms with Crippen molar-refractivity contribution in [2.45, 2.75) is 45.3 Å². The molecular formula is C21H30N4O3. The van der Waals surface area contributed by atoms with Gasteiger partial charge in [-0.1, -0.05) is 30.3 Å². The fourth-order valence-electron chi connectivity index (χ4n) is 4.06. The van der Waals surface area contributed by atoms with Crippen LogP contribution in [-0.2, 0) is 16.1 Å². The maximum Gasteiger partial charge on any atom is 0.318 e. The molecule has 0 spiro atoms. The van der Waals surface area contributed by atoms with Gasteiger partial charge in [-0.25, -0.2) is 4.79 Å². The van der Waals surface area contributed by atoms with Crippen LogP contribution in [0.3, 0.4) is 0 Å². The molecule has 0 unspecified atom stereocenters. The maximum absolute atomic E-state index is 12.7. The van der Waals surface area contributed by atoms with E-state index in [1.165, 1.54) is 0 Å². The fourth-order valence-corrected chi connectivity index (χ4v) is 4.06. The minimum Gasteiger partial charge on any atom is -0.351 e. The Hall–Kier alpha value is -2.57. The molecule has 7 nitrogen and oxygen atoms in total. The van der Waals surface area contributed by atoms with Crippen LogP contribution in [0.4, 0.5) is 4.79 Å². The lowest BCUT2D eigenvalue weighted by atomic mass is 10.0. The van der Waals surface area contributed by atoms with Crippen LogP contribution in [-0.4, -0.2) is 59.9 Å². The first-order chi connectivity index (χ1) is 13.3. The lowest BCUT2D eigenvalue weighted by molar-refractivity contribution is -0.135.